The molecule has 1 aromatic heterocycles. The molecule has 0 aliphatic rings. The maximum Gasteiger partial charge on any atom is 0.421 e. The summed E-state index contributed by atoms with van der Waals surface area (Å²) in [6.45, 7) is 1.93. The van der Waals surface area contributed by atoms with Crippen LogP contribution in [0.4, 0.5) is 13.2 Å². The van der Waals surface area contributed by atoms with Crippen molar-refractivity contribution < 1.29 is 26.3 Å². The molecule has 0 saturated carbocycles. The summed E-state index contributed by atoms with van der Waals surface area (Å²) in [6.07, 6.45) is -1.75. The van der Waals surface area contributed by atoms with Gasteiger partial charge in [-0.25, -0.2) is 13.4 Å². The second kappa shape index (κ2) is 9.60. The van der Waals surface area contributed by atoms with E-state index in [0.717, 1.165) is 12.3 Å². The lowest BCUT2D eigenvalue weighted by Gasteiger charge is -2.18. The largest absolute Gasteiger partial charge is 0.475 e. The van der Waals surface area contributed by atoms with Crippen LogP contribution in [0.15, 0.2) is 23.3 Å². The highest BCUT2D eigenvalue weighted by Gasteiger charge is 2.34. The molecule has 0 spiro atoms. The van der Waals surface area contributed by atoms with Crippen LogP contribution in [0.2, 0.25) is 0 Å². The number of nitrogens with zero attached hydrogens (tertiary/aromatic N) is 2. The van der Waals surface area contributed by atoms with E-state index in [1.165, 1.54) is 19.3 Å². The SMILES string of the molecule is CN=C(NCCOc1ncccc1C(F)(F)F)NC(C)CCS(C)(=O)=O. The molecule has 0 bridgehead atoms. The molecule has 0 aromatic carbocycles. The molecule has 0 radical (unpaired) electrons. The monoisotopic (exact) mass is 396 g/mol. The summed E-state index contributed by atoms with van der Waals surface area (Å²) in [5.74, 6) is -0.0424. The Kier molecular flexibility index (Phi) is 8.12. The van der Waals surface area contributed by atoms with E-state index >= 15 is 0 Å². The molecule has 7 nitrogen and oxygen atoms in total. The fourth-order valence-electron chi connectivity index (χ4n) is 1.93. The number of pyridine rings is 1. The molecule has 2 N–H and O–H groups in total. The Morgan fingerprint density at radius 1 is 1.42 bits per heavy atom. The van der Waals surface area contributed by atoms with Crippen molar-refractivity contribution in [2.45, 2.75) is 25.6 Å². The first-order valence-electron chi connectivity index (χ1n) is 7.83. The topological polar surface area (TPSA) is 92.7 Å². The third kappa shape index (κ3) is 8.37. The van der Waals surface area contributed by atoms with Gasteiger partial charge in [-0.15, -0.1) is 0 Å². The second-order valence-electron chi connectivity index (χ2n) is 5.67. The molecular formula is C15H23F3N4O3S. The molecule has 1 atom stereocenters. The lowest BCUT2D eigenvalue weighted by atomic mass is 10.2. The van der Waals surface area contributed by atoms with E-state index in [4.69, 9.17) is 4.74 Å². The van der Waals surface area contributed by atoms with Crippen LogP contribution >= 0.6 is 0 Å². The van der Waals surface area contributed by atoms with E-state index < -0.39 is 27.5 Å². The standard InChI is InChI=1S/C15H23F3N4O3S/c1-11(6-10-26(3,23)24)22-14(19-2)21-8-9-25-13-12(15(16,17)18)5-4-7-20-13/h4-5,7,11H,6,8-10H2,1-3H3,(H2,19,21,22). The van der Waals surface area contributed by atoms with Gasteiger partial charge in [0.25, 0.3) is 0 Å². The highest BCUT2D eigenvalue weighted by atomic mass is 32.2. The molecule has 1 unspecified atom stereocenters. The number of hydrogen-bond acceptors (Lipinski definition) is 5. The van der Waals surface area contributed by atoms with E-state index in [1.807, 2.05) is 0 Å². The maximum atomic E-state index is 12.8. The van der Waals surface area contributed by atoms with E-state index in [0.29, 0.717) is 12.4 Å². The summed E-state index contributed by atoms with van der Waals surface area (Å²) in [5, 5.41) is 5.88. The van der Waals surface area contributed by atoms with Crippen molar-refractivity contribution >= 4 is 15.8 Å². The first kappa shape index (κ1) is 22.0. The van der Waals surface area contributed by atoms with Crippen molar-refractivity contribution in [2.24, 2.45) is 4.99 Å². The molecule has 0 aliphatic heterocycles. The lowest BCUT2D eigenvalue weighted by Crippen LogP contribution is -2.44. The smallest absolute Gasteiger partial charge is 0.421 e. The third-order valence-corrected chi connectivity index (χ3v) is 4.22. The minimum Gasteiger partial charge on any atom is -0.475 e. The van der Waals surface area contributed by atoms with Gasteiger partial charge in [-0.05, 0) is 25.5 Å². The lowest BCUT2D eigenvalue weighted by molar-refractivity contribution is -0.139. The number of hydrogen-bond donors (Lipinski definition) is 2. The van der Waals surface area contributed by atoms with Gasteiger partial charge in [-0.1, -0.05) is 0 Å². The summed E-state index contributed by atoms with van der Waals surface area (Å²) in [4.78, 5) is 7.57. The van der Waals surface area contributed by atoms with Crippen LogP contribution in [0.5, 0.6) is 5.88 Å². The van der Waals surface area contributed by atoms with Crippen molar-refractivity contribution in [3.8, 4) is 5.88 Å². The fraction of sp³-hybridized carbons (Fsp3) is 0.600. The highest BCUT2D eigenvalue weighted by molar-refractivity contribution is 7.90. The fourth-order valence-corrected chi connectivity index (χ4v) is 2.71. The molecule has 26 heavy (non-hydrogen) atoms. The highest BCUT2D eigenvalue weighted by Crippen LogP contribution is 2.34. The Bertz CT molecular complexity index is 708. The molecule has 11 heteroatoms. The van der Waals surface area contributed by atoms with E-state index in [9.17, 15) is 21.6 Å². The molecule has 1 rings (SSSR count). The van der Waals surface area contributed by atoms with Crippen molar-refractivity contribution in [2.75, 3.05) is 32.2 Å². The Morgan fingerprint density at radius 3 is 2.69 bits per heavy atom. The van der Waals surface area contributed by atoms with Crippen LogP contribution in [0.25, 0.3) is 0 Å². The summed E-state index contributed by atoms with van der Waals surface area (Å²) >= 11 is 0. The van der Waals surface area contributed by atoms with E-state index in [1.54, 1.807) is 6.92 Å². The van der Waals surface area contributed by atoms with Gasteiger partial charge in [0.2, 0.25) is 5.88 Å². The summed E-state index contributed by atoms with van der Waals surface area (Å²) < 4.78 is 65.9. The quantitative estimate of drug-likeness (QED) is 0.393. The molecule has 0 amide bonds. The normalized spacial score (nSPS) is 14.0. The Labute approximate surface area is 151 Å². The van der Waals surface area contributed by atoms with Crippen LogP contribution < -0.4 is 15.4 Å². The van der Waals surface area contributed by atoms with Gasteiger partial charge in [0.1, 0.15) is 22.0 Å². The van der Waals surface area contributed by atoms with Crippen LogP contribution in [-0.2, 0) is 16.0 Å². The number of sulfone groups is 1. The number of aliphatic imine (C=N–C) groups is 1. The summed E-state index contributed by atoms with van der Waals surface area (Å²) in [6, 6.07) is 1.95. The maximum absolute atomic E-state index is 12.8. The van der Waals surface area contributed by atoms with Crippen LogP contribution in [0.1, 0.15) is 18.9 Å². The zero-order valence-corrected chi connectivity index (χ0v) is 15.6. The van der Waals surface area contributed by atoms with E-state index in [-0.39, 0.29) is 24.9 Å². The van der Waals surface area contributed by atoms with Crippen molar-refractivity contribution in [3.63, 3.8) is 0 Å². The predicted octanol–water partition coefficient (Wildman–Crippen LogP) is 1.47. The molecule has 0 saturated heterocycles. The van der Waals surface area contributed by atoms with Gasteiger partial charge in [-0.2, -0.15) is 13.2 Å². The zero-order valence-electron chi connectivity index (χ0n) is 14.8. The van der Waals surface area contributed by atoms with Gasteiger partial charge in [-0.3, -0.25) is 4.99 Å². The summed E-state index contributed by atoms with van der Waals surface area (Å²) in [5.41, 5.74) is -0.933. The number of halogens is 3. The molecule has 0 fully saturated rings. The minimum atomic E-state index is -4.54. The summed E-state index contributed by atoms with van der Waals surface area (Å²) in [7, 11) is -1.52. The Balaban J connectivity index is 2.45. The number of nitrogens with one attached hydrogen (secondary N) is 2. The molecule has 0 aliphatic carbocycles. The van der Waals surface area contributed by atoms with Gasteiger partial charge in [0, 0.05) is 25.5 Å². The van der Waals surface area contributed by atoms with Crippen molar-refractivity contribution in [1.82, 2.24) is 15.6 Å². The number of ether oxygens (including phenoxy) is 1. The second-order valence-corrected chi connectivity index (χ2v) is 7.93. The molecule has 148 valence electrons. The number of alkyl halides is 3. The van der Waals surface area contributed by atoms with Crippen LogP contribution in [0.3, 0.4) is 0 Å². The Morgan fingerprint density at radius 2 is 2.12 bits per heavy atom. The first-order valence-corrected chi connectivity index (χ1v) is 9.89. The van der Waals surface area contributed by atoms with Crippen molar-refractivity contribution in [1.29, 1.82) is 0 Å². The number of rotatable bonds is 8. The van der Waals surface area contributed by atoms with Gasteiger partial charge < -0.3 is 15.4 Å². The average Bonchev–Trinajstić information content (AvgIpc) is 2.54. The first-order chi connectivity index (χ1) is 12.0. The average molecular weight is 396 g/mol. The van der Waals surface area contributed by atoms with Gasteiger partial charge in [0.05, 0.1) is 12.3 Å². The molecule has 1 aromatic rings. The number of aromatic nitrogens is 1. The molecule has 1 heterocycles. The predicted molar refractivity (Wildman–Crippen MR) is 93.0 cm³/mol. The molecular weight excluding hydrogens is 373 g/mol. The van der Waals surface area contributed by atoms with Crippen LogP contribution in [0, 0.1) is 0 Å². The third-order valence-electron chi connectivity index (χ3n) is 3.24. The number of guanidine groups is 1. The zero-order chi connectivity index (χ0) is 19.8. The van der Waals surface area contributed by atoms with Crippen molar-refractivity contribution in [3.05, 3.63) is 23.9 Å². The van der Waals surface area contributed by atoms with Gasteiger partial charge in [0.15, 0.2) is 5.96 Å². The minimum absolute atomic E-state index is 0.0428. The van der Waals surface area contributed by atoms with E-state index in [2.05, 4.69) is 20.6 Å². The van der Waals surface area contributed by atoms with Gasteiger partial charge >= 0.3 is 6.18 Å². The Hall–Kier alpha value is -2.04. The van der Waals surface area contributed by atoms with Crippen LogP contribution in [-0.4, -0.2) is 57.6 Å².